The minimum Gasteiger partial charge on any atom is -0.454 e. The molecule has 25 heavy (non-hydrogen) atoms. The van der Waals surface area contributed by atoms with Crippen molar-refractivity contribution >= 4 is 26.3 Å². The third kappa shape index (κ3) is 2.64. The van der Waals surface area contributed by atoms with Gasteiger partial charge in [-0.3, -0.25) is 0 Å². The molecule has 11 heteroatoms. The molecule has 0 saturated heterocycles. The highest BCUT2D eigenvalue weighted by Crippen LogP contribution is 2.39. The highest BCUT2D eigenvalue weighted by Gasteiger charge is 2.30. The Bertz CT molecular complexity index is 1070. The maximum atomic E-state index is 12.5. The second-order valence-corrected chi connectivity index (χ2v) is 8.67. The Labute approximate surface area is 146 Å². The summed E-state index contributed by atoms with van der Waals surface area (Å²) in [4.78, 5) is 0.803. The van der Waals surface area contributed by atoms with E-state index in [4.69, 9.17) is 9.47 Å². The molecule has 2 aliphatic rings. The predicted octanol–water partition coefficient (Wildman–Crippen LogP) is 1.27. The van der Waals surface area contributed by atoms with E-state index in [9.17, 15) is 8.42 Å². The van der Waals surface area contributed by atoms with Crippen molar-refractivity contribution in [3.63, 3.8) is 0 Å². The van der Waals surface area contributed by atoms with E-state index in [1.54, 1.807) is 10.6 Å². The van der Waals surface area contributed by atoms with Gasteiger partial charge < -0.3 is 9.47 Å². The Balaban J connectivity index is 1.36. The van der Waals surface area contributed by atoms with Gasteiger partial charge in [0, 0.05) is 12.0 Å². The van der Waals surface area contributed by atoms with E-state index in [1.165, 1.54) is 23.5 Å². The summed E-state index contributed by atoms with van der Waals surface area (Å²) in [5.74, 6) is 2.25. The summed E-state index contributed by atoms with van der Waals surface area (Å²) in [5, 5.41) is 13.3. The van der Waals surface area contributed by atoms with Crippen molar-refractivity contribution in [1.29, 1.82) is 0 Å². The summed E-state index contributed by atoms with van der Waals surface area (Å²) in [7, 11) is -3.68. The van der Waals surface area contributed by atoms with Crippen molar-refractivity contribution in [2.24, 2.45) is 0 Å². The number of hydrogen-bond acceptors (Lipinski definition) is 8. The van der Waals surface area contributed by atoms with Gasteiger partial charge in [0.05, 0.1) is 11.4 Å². The molecule has 130 valence electrons. The molecule has 3 aromatic rings. The number of nitrogens with zero attached hydrogens (tertiary/aromatic N) is 4. The monoisotopic (exact) mass is 379 g/mol. The second-order valence-electron chi connectivity index (χ2n) is 5.86. The first-order valence-corrected chi connectivity index (χ1v) is 10.0. The van der Waals surface area contributed by atoms with Gasteiger partial charge in [0.25, 0.3) is 0 Å². The van der Waals surface area contributed by atoms with Gasteiger partial charge >= 0.3 is 0 Å². The van der Waals surface area contributed by atoms with Crippen molar-refractivity contribution in [1.82, 2.24) is 24.5 Å². The van der Waals surface area contributed by atoms with E-state index < -0.39 is 10.0 Å². The van der Waals surface area contributed by atoms with Gasteiger partial charge in [-0.05, 0) is 25.0 Å². The first kappa shape index (κ1) is 15.0. The molecule has 1 aliphatic carbocycles. The number of aromatic nitrogens is 4. The van der Waals surface area contributed by atoms with Crippen LogP contribution >= 0.6 is 11.3 Å². The summed E-state index contributed by atoms with van der Waals surface area (Å²) in [6.07, 6.45) is 2.20. The lowest BCUT2D eigenvalue weighted by Gasteiger charge is -2.06. The Kier molecular flexibility index (Phi) is 3.24. The summed E-state index contributed by atoms with van der Waals surface area (Å²) < 4.78 is 39.7. The zero-order valence-electron chi connectivity index (χ0n) is 12.9. The van der Waals surface area contributed by atoms with Crippen LogP contribution < -0.4 is 14.2 Å². The minimum atomic E-state index is -3.68. The Morgan fingerprint density at radius 3 is 2.92 bits per heavy atom. The van der Waals surface area contributed by atoms with Gasteiger partial charge in [0.1, 0.15) is 5.01 Å². The van der Waals surface area contributed by atoms with Crippen LogP contribution in [0.25, 0.3) is 4.96 Å². The summed E-state index contributed by atoms with van der Waals surface area (Å²) in [6, 6.07) is 4.52. The van der Waals surface area contributed by atoms with Crippen LogP contribution in [0.2, 0.25) is 0 Å². The third-order valence-electron chi connectivity index (χ3n) is 4.07. The highest BCUT2D eigenvalue weighted by atomic mass is 32.2. The molecular weight excluding hydrogens is 366 g/mol. The third-order valence-corrected chi connectivity index (χ3v) is 6.36. The molecule has 2 aromatic heterocycles. The van der Waals surface area contributed by atoms with Crippen LogP contribution in [0.5, 0.6) is 11.5 Å². The zero-order valence-corrected chi connectivity index (χ0v) is 14.5. The van der Waals surface area contributed by atoms with Crippen molar-refractivity contribution in [2.45, 2.75) is 30.2 Å². The Morgan fingerprint density at radius 1 is 1.24 bits per heavy atom. The Morgan fingerprint density at radius 2 is 2.08 bits per heavy atom. The molecule has 0 unspecified atom stereocenters. The smallest absolute Gasteiger partial charge is 0.241 e. The van der Waals surface area contributed by atoms with Crippen LogP contribution in [0.4, 0.5) is 0 Å². The van der Waals surface area contributed by atoms with Crippen molar-refractivity contribution in [3.05, 3.63) is 29.0 Å². The SMILES string of the molecule is O=S(=O)(NCc1nn2c(C3CC3)nnc2s1)c1ccc2c(c1)OCO2. The average molecular weight is 379 g/mol. The summed E-state index contributed by atoms with van der Waals surface area (Å²) in [5.41, 5.74) is 0. The molecule has 0 spiro atoms. The maximum Gasteiger partial charge on any atom is 0.241 e. The zero-order chi connectivity index (χ0) is 17.0. The molecule has 5 rings (SSSR count). The van der Waals surface area contributed by atoms with Crippen molar-refractivity contribution in [2.75, 3.05) is 6.79 Å². The fourth-order valence-corrected chi connectivity index (χ4v) is 4.50. The molecule has 9 nitrogen and oxygen atoms in total. The topological polar surface area (TPSA) is 108 Å². The standard InChI is InChI=1S/C14H13N5O4S2/c20-25(21,9-3-4-10-11(5-9)23-7-22-10)15-6-12-18-19-13(8-1-2-8)16-17-14(19)24-12/h3-5,8,15H,1-2,6-7H2. The van der Waals surface area contributed by atoms with Crippen LogP contribution in [-0.2, 0) is 16.6 Å². The van der Waals surface area contributed by atoms with E-state index in [-0.39, 0.29) is 18.2 Å². The summed E-state index contributed by atoms with van der Waals surface area (Å²) >= 11 is 1.33. The lowest BCUT2D eigenvalue weighted by atomic mass is 10.3. The quantitative estimate of drug-likeness (QED) is 0.711. The van der Waals surface area contributed by atoms with Gasteiger partial charge in [-0.25, -0.2) is 13.1 Å². The average Bonchev–Trinajstić information content (AvgIpc) is 3.04. The number of nitrogens with one attached hydrogen (secondary N) is 1. The molecule has 1 N–H and O–H groups in total. The number of hydrogen-bond donors (Lipinski definition) is 1. The molecule has 0 radical (unpaired) electrons. The second kappa shape index (κ2) is 5.38. The van der Waals surface area contributed by atoms with Crippen LogP contribution in [-0.4, -0.2) is 35.0 Å². The Hall–Kier alpha value is -2.24. The molecule has 1 aromatic carbocycles. The number of sulfonamides is 1. The highest BCUT2D eigenvalue weighted by molar-refractivity contribution is 7.89. The van der Waals surface area contributed by atoms with Crippen LogP contribution in [0, 0.1) is 0 Å². The van der Waals surface area contributed by atoms with Crippen LogP contribution in [0.1, 0.15) is 29.6 Å². The van der Waals surface area contributed by atoms with E-state index in [0.29, 0.717) is 27.4 Å². The normalized spacial score (nSPS) is 16.6. The molecule has 0 atom stereocenters. The van der Waals surface area contributed by atoms with Gasteiger partial charge in [-0.1, -0.05) is 11.3 Å². The van der Waals surface area contributed by atoms with Gasteiger partial charge in [0.2, 0.25) is 21.8 Å². The van der Waals surface area contributed by atoms with Gasteiger partial charge in [0.15, 0.2) is 17.3 Å². The fourth-order valence-electron chi connectivity index (χ4n) is 2.62. The first-order valence-electron chi connectivity index (χ1n) is 7.70. The van der Waals surface area contributed by atoms with E-state index >= 15 is 0 Å². The van der Waals surface area contributed by atoms with Crippen LogP contribution in [0.15, 0.2) is 23.1 Å². The first-order chi connectivity index (χ1) is 12.1. The molecule has 0 amide bonds. The van der Waals surface area contributed by atoms with Crippen LogP contribution in [0.3, 0.4) is 0 Å². The van der Waals surface area contributed by atoms with Crippen molar-refractivity contribution in [3.8, 4) is 11.5 Å². The number of benzene rings is 1. The molecule has 0 bridgehead atoms. The number of fused-ring (bicyclic) bond motifs is 2. The number of rotatable bonds is 5. The fraction of sp³-hybridized carbons (Fsp3) is 0.357. The summed E-state index contributed by atoms with van der Waals surface area (Å²) in [6.45, 7) is 0.192. The van der Waals surface area contributed by atoms with Crippen molar-refractivity contribution < 1.29 is 17.9 Å². The molecule has 1 saturated carbocycles. The molecule has 1 aliphatic heterocycles. The predicted molar refractivity (Wildman–Crippen MR) is 87.2 cm³/mol. The van der Waals surface area contributed by atoms with E-state index in [1.807, 2.05) is 0 Å². The molecular formula is C14H13N5O4S2. The number of ether oxygens (including phenoxy) is 2. The van der Waals surface area contributed by atoms with E-state index in [0.717, 1.165) is 18.7 Å². The lowest BCUT2D eigenvalue weighted by molar-refractivity contribution is 0.174. The van der Waals surface area contributed by atoms with E-state index in [2.05, 4.69) is 20.0 Å². The molecule has 3 heterocycles. The maximum absolute atomic E-state index is 12.5. The largest absolute Gasteiger partial charge is 0.454 e. The molecule has 1 fully saturated rings. The minimum absolute atomic E-state index is 0.0922. The lowest BCUT2D eigenvalue weighted by Crippen LogP contribution is -2.23. The van der Waals surface area contributed by atoms with Gasteiger partial charge in [-0.15, -0.1) is 10.2 Å². The van der Waals surface area contributed by atoms with Gasteiger partial charge in [-0.2, -0.15) is 9.61 Å².